The molecular formula is C8H14O3. The van der Waals surface area contributed by atoms with Crippen molar-refractivity contribution < 1.29 is 14.6 Å². The summed E-state index contributed by atoms with van der Waals surface area (Å²) in [7, 11) is 0. The van der Waals surface area contributed by atoms with E-state index in [9.17, 15) is 4.79 Å². The average Bonchev–Trinajstić information content (AvgIpc) is 2.64. The van der Waals surface area contributed by atoms with Gasteiger partial charge in [0, 0.05) is 6.61 Å². The molecule has 1 aliphatic carbocycles. The Morgan fingerprint density at radius 2 is 2.45 bits per heavy atom. The zero-order chi connectivity index (χ0) is 8.48. The van der Waals surface area contributed by atoms with Gasteiger partial charge >= 0.3 is 5.97 Å². The van der Waals surface area contributed by atoms with Crippen LogP contribution in [0.3, 0.4) is 0 Å². The Balaban J connectivity index is 2.42. The summed E-state index contributed by atoms with van der Waals surface area (Å²) in [6.07, 6.45) is 0.766. The molecule has 1 rings (SSSR count). The van der Waals surface area contributed by atoms with Crippen LogP contribution < -0.4 is 0 Å². The SMILES string of the molecule is CCOC(=O)C1(C)CC1CO. The van der Waals surface area contributed by atoms with Crippen molar-refractivity contribution in [2.24, 2.45) is 11.3 Å². The number of aliphatic hydroxyl groups excluding tert-OH is 1. The number of ether oxygens (including phenoxy) is 1. The van der Waals surface area contributed by atoms with Gasteiger partial charge < -0.3 is 9.84 Å². The molecule has 1 saturated carbocycles. The zero-order valence-corrected chi connectivity index (χ0v) is 6.96. The van der Waals surface area contributed by atoms with Crippen molar-refractivity contribution in [3.63, 3.8) is 0 Å². The first kappa shape index (κ1) is 8.53. The summed E-state index contributed by atoms with van der Waals surface area (Å²) in [6.45, 7) is 4.14. The van der Waals surface area contributed by atoms with Crippen molar-refractivity contribution in [3.8, 4) is 0 Å². The van der Waals surface area contributed by atoms with Gasteiger partial charge in [-0.3, -0.25) is 4.79 Å². The molecule has 0 aromatic carbocycles. The largest absolute Gasteiger partial charge is 0.466 e. The Kier molecular flexibility index (Phi) is 2.18. The molecule has 0 aromatic rings. The molecule has 0 heterocycles. The Morgan fingerprint density at radius 3 is 2.82 bits per heavy atom. The summed E-state index contributed by atoms with van der Waals surface area (Å²) in [5, 5.41) is 8.75. The number of rotatable bonds is 3. The van der Waals surface area contributed by atoms with E-state index >= 15 is 0 Å². The van der Waals surface area contributed by atoms with Crippen LogP contribution in [0.5, 0.6) is 0 Å². The van der Waals surface area contributed by atoms with E-state index in [2.05, 4.69) is 0 Å². The fourth-order valence-corrected chi connectivity index (χ4v) is 1.26. The van der Waals surface area contributed by atoms with Crippen molar-refractivity contribution in [1.82, 2.24) is 0 Å². The predicted molar refractivity (Wildman–Crippen MR) is 39.9 cm³/mol. The van der Waals surface area contributed by atoms with E-state index in [1.807, 2.05) is 6.92 Å². The maximum atomic E-state index is 11.2. The van der Waals surface area contributed by atoms with Crippen LogP contribution in [0.2, 0.25) is 0 Å². The Morgan fingerprint density at radius 1 is 1.82 bits per heavy atom. The van der Waals surface area contributed by atoms with Crippen LogP contribution in [-0.4, -0.2) is 24.3 Å². The highest BCUT2D eigenvalue weighted by atomic mass is 16.5. The molecule has 0 aromatic heterocycles. The van der Waals surface area contributed by atoms with Crippen LogP contribution in [0.15, 0.2) is 0 Å². The monoisotopic (exact) mass is 158 g/mol. The molecule has 3 nitrogen and oxygen atoms in total. The maximum Gasteiger partial charge on any atom is 0.312 e. The summed E-state index contributed by atoms with van der Waals surface area (Å²) in [5.41, 5.74) is -0.384. The minimum atomic E-state index is -0.384. The minimum Gasteiger partial charge on any atom is -0.466 e. The molecule has 3 heteroatoms. The second kappa shape index (κ2) is 2.81. The molecule has 1 aliphatic rings. The van der Waals surface area contributed by atoms with Crippen molar-refractivity contribution >= 4 is 5.97 Å². The highest BCUT2D eigenvalue weighted by Crippen LogP contribution is 2.52. The van der Waals surface area contributed by atoms with Gasteiger partial charge in [0.25, 0.3) is 0 Å². The number of aliphatic hydroxyl groups is 1. The maximum absolute atomic E-state index is 11.2. The quantitative estimate of drug-likeness (QED) is 0.611. The van der Waals surface area contributed by atoms with Crippen LogP contribution in [0.25, 0.3) is 0 Å². The molecule has 2 unspecified atom stereocenters. The summed E-state index contributed by atoms with van der Waals surface area (Å²) < 4.78 is 4.85. The highest BCUT2D eigenvalue weighted by molar-refractivity contribution is 5.80. The van der Waals surface area contributed by atoms with Gasteiger partial charge in [0.1, 0.15) is 0 Å². The van der Waals surface area contributed by atoms with E-state index < -0.39 is 0 Å². The lowest BCUT2D eigenvalue weighted by molar-refractivity contribution is -0.149. The van der Waals surface area contributed by atoms with E-state index in [0.717, 1.165) is 6.42 Å². The van der Waals surface area contributed by atoms with Crippen LogP contribution in [0.4, 0.5) is 0 Å². The molecule has 0 bridgehead atoms. The van der Waals surface area contributed by atoms with E-state index in [-0.39, 0.29) is 23.9 Å². The molecule has 0 spiro atoms. The first-order valence-electron chi connectivity index (χ1n) is 3.93. The van der Waals surface area contributed by atoms with Gasteiger partial charge in [-0.15, -0.1) is 0 Å². The lowest BCUT2D eigenvalue weighted by Gasteiger charge is -2.08. The van der Waals surface area contributed by atoms with Crippen molar-refractivity contribution in [2.45, 2.75) is 20.3 Å². The predicted octanol–water partition coefficient (Wildman–Crippen LogP) is 0.568. The third-order valence-electron chi connectivity index (χ3n) is 2.37. The van der Waals surface area contributed by atoms with Crippen molar-refractivity contribution in [3.05, 3.63) is 0 Å². The molecule has 64 valence electrons. The minimum absolute atomic E-state index is 0.0926. The Hall–Kier alpha value is -0.570. The molecule has 0 aliphatic heterocycles. The second-order valence-electron chi connectivity index (χ2n) is 3.22. The van der Waals surface area contributed by atoms with E-state index in [4.69, 9.17) is 9.84 Å². The van der Waals surface area contributed by atoms with Crippen LogP contribution in [-0.2, 0) is 9.53 Å². The van der Waals surface area contributed by atoms with Crippen molar-refractivity contribution in [2.75, 3.05) is 13.2 Å². The fourth-order valence-electron chi connectivity index (χ4n) is 1.26. The molecule has 1 fully saturated rings. The van der Waals surface area contributed by atoms with Gasteiger partial charge in [-0.1, -0.05) is 0 Å². The highest BCUT2D eigenvalue weighted by Gasteiger charge is 2.56. The van der Waals surface area contributed by atoms with Gasteiger partial charge in [0.2, 0.25) is 0 Å². The van der Waals surface area contributed by atoms with E-state index in [1.54, 1.807) is 6.92 Å². The average molecular weight is 158 g/mol. The van der Waals surface area contributed by atoms with Gasteiger partial charge in [-0.05, 0) is 26.2 Å². The van der Waals surface area contributed by atoms with Crippen LogP contribution >= 0.6 is 0 Å². The number of esters is 1. The van der Waals surface area contributed by atoms with Crippen LogP contribution in [0, 0.1) is 11.3 Å². The zero-order valence-electron chi connectivity index (χ0n) is 6.96. The molecule has 0 saturated heterocycles. The molecule has 0 amide bonds. The summed E-state index contributed by atoms with van der Waals surface area (Å²) >= 11 is 0. The lowest BCUT2D eigenvalue weighted by Crippen LogP contribution is -2.18. The van der Waals surface area contributed by atoms with Gasteiger partial charge in [-0.2, -0.15) is 0 Å². The number of carbonyl (C=O) groups is 1. The standard InChI is InChI=1S/C8H14O3/c1-3-11-7(10)8(2)4-6(8)5-9/h6,9H,3-5H2,1-2H3. The number of hydrogen-bond acceptors (Lipinski definition) is 3. The molecule has 0 radical (unpaired) electrons. The first-order chi connectivity index (χ1) is 5.15. The topological polar surface area (TPSA) is 46.5 Å². The van der Waals surface area contributed by atoms with Crippen LogP contribution in [0.1, 0.15) is 20.3 Å². The lowest BCUT2D eigenvalue weighted by atomic mass is 10.1. The molecule has 11 heavy (non-hydrogen) atoms. The normalized spacial score (nSPS) is 35.0. The van der Waals surface area contributed by atoms with E-state index in [1.165, 1.54) is 0 Å². The second-order valence-corrected chi connectivity index (χ2v) is 3.22. The molecule has 2 atom stereocenters. The third-order valence-corrected chi connectivity index (χ3v) is 2.37. The Labute approximate surface area is 66.4 Å². The van der Waals surface area contributed by atoms with Gasteiger partial charge in [0.15, 0.2) is 0 Å². The molecular weight excluding hydrogens is 144 g/mol. The number of carbonyl (C=O) groups excluding carboxylic acids is 1. The van der Waals surface area contributed by atoms with Gasteiger partial charge in [-0.25, -0.2) is 0 Å². The third kappa shape index (κ3) is 1.38. The number of hydrogen-bond donors (Lipinski definition) is 1. The molecule has 1 N–H and O–H groups in total. The summed E-state index contributed by atoms with van der Waals surface area (Å²) in [4.78, 5) is 11.2. The smallest absolute Gasteiger partial charge is 0.312 e. The summed E-state index contributed by atoms with van der Waals surface area (Å²) in [5.74, 6) is -0.0411. The Bertz CT molecular complexity index is 167. The fraction of sp³-hybridized carbons (Fsp3) is 0.875. The first-order valence-corrected chi connectivity index (χ1v) is 3.93. The summed E-state index contributed by atoms with van der Waals surface area (Å²) in [6, 6.07) is 0. The van der Waals surface area contributed by atoms with Gasteiger partial charge in [0.05, 0.1) is 12.0 Å². The van der Waals surface area contributed by atoms with E-state index in [0.29, 0.717) is 6.61 Å². The van der Waals surface area contributed by atoms with Crippen molar-refractivity contribution in [1.29, 1.82) is 0 Å².